The van der Waals surface area contributed by atoms with Crippen molar-refractivity contribution in [2.24, 2.45) is 22.7 Å². The summed E-state index contributed by atoms with van der Waals surface area (Å²) in [7, 11) is 0. The van der Waals surface area contributed by atoms with Crippen LogP contribution in [0.2, 0.25) is 0 Å². The van der Waals surface area contributed by atoms with Gasteiger partial charge >= 0.3 is 5.97 Å². The van der Waals surface area contributed by atoms with E-state index in [1.54, 1.807) is 0 Å². The SMILES string of the molecule is CC(C)CC(OC(=O)C(CC(C)(C)C)C(C)(C)C)OC1CCCCC1. The summed E-state index contributed by atoms with van der Waals surface area (Å²) in [4.78, 5) is 13.0. The monoisotopic (exact) mass is 354 g/mol. The minimum atomic E-state index is -0.402. The van der Waals surface area contributed by atoms with Crippen molar-refractivity contribution >= 4 is 5.97 Å². The lowest BCUT2D eigenvalue weighted by atomic mass is 9.72. The highest BCUT2D eigenvalue weighted by atomic mass is 16.7. The van der Waals surface area contributed by atoms with Crippen LogP contribution in [0.4, 0.5) is 0 Å². The molecule has 0 heterocycles. The van der Waals surface area contributed by atoms with Gasteiger partial charge in [-0.15, -0.1) is 0 Å². The Morgan fingerprint density at radius 2 is 1.56 bits per heavy atom. The molecule has 0 spiro atoms. The van der Waals surface area contributed by atoms with Crippen LogP contribution in [0.15, 0.2) is 0 Å². The maximum atomic E-state index is 13.0. The Balaban J connectivity index is 2.78. The number of ether oxygens (including phenoxy) is 2. The largest absolute Gasteiger partial charge is 0.436 e. The van der Waals surface area contributed by atoms with Crippen molar-refractivity contribution in [1.29, 1.82) is 0 Å². The molecule has 1 fully saturated rings. The van der Waals surface area contributed by atoms with E-state index in [1.165, 1.54) is 19.3 Å². The Morgan fingerprint density at radius 3 is 2.00 bits per heavy atom. The summed E-state index contributed by atoms with van der Waals surface area (Å²) in [5.41, 5.74) is -0.0215. The standard InChI is InChI=1S/C22H42O3/c1-16(2)14-19(24-17-12-10-9-11-13-17)25-20(23)18(22(6,7)8)15-21(3,4)5/h16-19H,9-15H2,1-8H3. The van der Waals surface area contributed by atoms with Gasteiger partial charge in [-0.25, -0.2) is 0 Å². The molecule has 3 nitrogen and oxygen atoms in total. The van der Waals surface area contributed by atoms with E-state index in [1.807, 2.05) is 0 Å². The zero-order valence-electron chi connectivity index (χ0n) is 18.0. The van der Waals surface area contributed by atoms with Crippen LogP contribution in [0, 0.1) is 22.7 Å². The molecular weight excluding hydrogens is 312 g/mol. The summed E-state index contributed by atoms with van der Waals surface area (Å²) in [5.74, 6) is 0.234. The number of hydrogen-bond acceptors (Lipinski definition) is 3. The zero-order valence-corrected chi connectivity index (χ0v) is 18.0. The highest BCUT2D eigenvalue weighted by molar-refractivity contribution is 5.73. The van der Waals surface area contributed by atoms with Crippen LogP contribution in [0.1, 0.15) is 100 Å². The van der Waals surface area contributed by atoms with Crippen LogP contribution in [0.25, 0.3) is 0 Å². The van der Waals surface area contributed by atoms with E-state index in [4.69, 9.17) is 9.47 Å². The van der Waals surface area contributed by atoms with Crippen LogP contribution < -0.4 is 0 Å². The first-order valence-corrected chi connectivity index (χ1v) is 10.2. The van der Waals surface area contributed by atoms with Crippen molar-refractivity contribution in [2.75, 3.05) is 0 Å². The van der Waals surface area contributed by atoms with E-state index in [-0.39, 0.29) is 28.8 Å². The van der Waals surface area contributed by atoms with Crippen molar-refractivity contribution in [3.8, 4) is 0 Å². The summed E-state index contributed by atoms with van der Waals surface area (Å²) in [5, 5.41) is 0. The molecule has 1 rings (SSSR count). The number of rotatable bonds is 7. The van der Waals surface area contributed by atoms with Crippen LogP contribution in [-0.2, 0) is 14.3 Å². The van der Waals surface area contributed by atoms with Crippen LogP contribution >= 0.6 is 0 Å². The Hall–Kier alpha value is -0.570. The van der Waals surface area contributed by atoms with Crippen LogP contribution in [0.3, 0.4) is 0 Å². The molecule has 0 bridgehead atoms. The Bertz CT molecular complexity index is 394. The van der Waals surface area contributed by atoms with Gasteiger partial charge in [-0.2, -0.15) is 0 Å². The minimum Gasteiger partial charge on any atom is -0.436 e. The number of carbonyl (C=O) groups is 1. The van der Waals surface area contributed by atoms with Gasteiger partial charge in [-0.05, 0) is 36.0 Å². The van der Waals surface area contributed by atoms with Crippen molar-refractivity contribution in [1.82, 2.24) is 0 Å². The predicted octanol–water partition coefficient (Wildman–Crippen LogP) is 6.35. The van der Waals surface area contributed by atoms with Gasteiger partial charge in [0.15, 0.2) is 0 Å². The van der Waals surface area contributed by atoms with Gasteiger partial charge in [-0.1, -0.05) is 74.7 Å². The average molecular weight is 355 g/mol. The molecule has 0 aromatic heterocycles. The van der Waals surface area contributed by atoms with E-state index >= 15 is 0 Å². The highest BCUT2D eigenvalue weighted by Crippen LogP contribution is 2.37. The molecule has 0 radical (unpaired) electrons. The van der Waals surface area contributed by atoms with Crippen LogP contribution in [0.5, 0.6) is 0 Å². The maximum absolute atomic E-state index is 13.0. The molecule has 2 unspecified atom stereocenters. The predicted molar refractivity (Wildman–Crippen MR) is 104 cm³/mol. The summed E-state index contributed by atoms with van der Waals surface area (Å²) >= 11 is 0. The number of esters is 1. The van der Waals surface area contributed by atoms with E-state index < -0.39 is 6.29 Å². The van der Waals surface area contributed by atoms with Crippen molar-refractivity contribution in [3.63, 3.8) is 0 Å². The molecule has 1 aliphatic carbocycles. The molecule has 2 atom stereocenters. The van der Waals surface area contributed by atoms with Crippen molar-refractivity contribution in [2.45, 2.75) is 113 Å². The molecule has 0 aliphatic heterocycles. The molecule has 1 saturated carbocycles. The molecule has 25 heavy (non-hydrogen) atoms. The highest BCUT2D eigenvalue weighted by Gasteiger charge is 2.37. The lowest BCUT2D eigenvalue weighted by Gasteiger charge is -2.35. The molecule has 1 aliphatic rings. The lowest BCUT2D eigenvalue weighted by Crippen LogP contribution is -2.37. The molecule has 0 aromatic rings. The Morgan fingerprint density at radius 1 is 1.00 bits per heavy atom. The zero-order chi connectivity index (χ0) is 19.3. The average Bonchev–Trinajstić information content (AvgIpc) is 2.43. The second kappa shape index (κ2) is 9.39. The van der Waals surface area contributed by atoms with Gasteiger partial charge in [0, 0.05) is 6.42 Å². The molecule has 0 saturated heterocycles. The van der Waals surface area contributed by atoms with E-state index in [9.17, 15) is 4.79 Å². The fourth-order valence-corrected chi connectivity index (χ4v) is 3.50. The minimum absolute atomic E-state index is 0.0920. The third-order valence-electron chi connectivity index (χ3n) is 4.95. The normalized spacial score (nSPS) is 19.7. The summed E-state index contributed by atoms with van der Waals surface area (Å²) < 4.78 is 12.2. The molecular formula is C22H42O3. The van der Waals surface area contributed by atoms with Gasteiger partial charge < -0.3 is 9.47 Å². The second-order valence-corrected chi connectivity index (χ2v) is 10.6. The van der Waals surface area contributed by atoms with Gasteiger partial charge in [-0.3, -0.25) is 4.79 Å². The van der Waals surface area contributed by atoms with E-state index in [0.29, 0.717) is 5.92 Å². The quantitative estimate of drug-likeness (QED) is 0.395. The van der Waals surface area contributed by atoms with Crippen molar-refractivity contribution in [3.05, 3.63) is 0 Å². The molecule has 0 amide bonds. The van der Waals surface area contributed by atoms with Gasteiger partial charge in [0.05, 0.1) is 12.0 Å². The van der Waals surface area contributed by atoms with Gasteiger partial charge in [0.1, 0.15) is 0 Å². The first-order valence-electron chi connectivity index (χ1n) is 10.2. The number of carbonyl (C=O) groups excluding carboxylic acids is 1. The van der Waals surface area contributed by atoms with Gasteiger partial charge in [0.25, 0.3) is 0 Å². The summed E-state index contributed by atoms with van der Waals surface area (Å²) in [6, 6.07) is 0. The molecule has 3 heteroatoms. The molecule has 0 aromatic carbocycles. The third kappa shape index (κ3) is 9.08. The first-order chi connectivity index (χ1) is 11.4. The number of hydrogen-bond donors (Lipinski definition) is 0. The van der Waals surface area contributed by atoms with E-state index in [0.717, 1.165) is 25.7 Å². The maximum Gasteiger partial charge on any atom is 0.311 e. The fourth-order valence-electron chi connectivity index (χ4n) is 3.50. The second-order valence-electron chi connectivity index (χ2n) is 10.6. The topological polar surface area (TPSA) is 35.5 Å². The third-order valence-corrected chi connectivity index (χ3v) is 4.95. The van der Waals surface area contributed by atoms with E-state index in [2.05, 4.69) is 55.4 Å². The Kier molecular flexibility index (Phi) is 8.44. The van der Waals surface area contributed by atoms with Crippen LogP contribution in [-0.4, -0.2) is 18.4 Å². The fraction of sp³-hybridized carbons (Fsp3) is 0.955. The lowest BCUT2D eigenvalue weighted by molar-refractivity contribution is -0.204. The molecule has 0 N–H and O–H groups in total. The van der Waals surface area contributed by atoms with Crippen molar-refractivity contribution < 1.29 is 14.3 Å². The smallest absolute Gasteiger partial charge is 0.311 e. The summed E-state index contributed by atoms with van der Waals surface area (Å²) in [6.45, 7) is 17.2. The van der Waals surface area contributed by atoms with Gasteiger partial charge in [0.2, 0.25) is 6.29 Å². The summed E-state index contributed by atoms with van der Waals surface area (Å²) in [6.07, 6.45) is 7.38. The Labute approximate surface area is 156 Å². The molecule has 148 valence electrons. The first kappa shape index (κ1) is 22.5.